The van der Waals surface area contributed by atoms with Crippen LogP contribution < -0.4 is 5.32 Å². The van der Waals surface area contributed by atoms with Crippen LogP contribution in [-0.2, 0) is 6.42 Å². The zero-order valence-corrected chi connectivity index (χ0v) is 13.6. The molecule has 0 aliphatic rings. The quantitative estimate of drug-likeness (QED) is 0.688. The lowest BCUT2D eigenvalue weighted by Crippen LogP contribution is -2.23. The zero-order chi connectivity index (χ0) is 15.2. The lowest BCUT2D eigenvalue weighted by atomic mass is 10.1. The van der Waals surface area contributed by atoms with E-state index < -0.39 is 0 Å². The molecule has 2 heterocycles. The second kappa shape index (κ2) is 7.33. The van der Waals surface area contributed by atoms with Crippen LogP contribution in [0.4, 0.5) is 0 Å². The molecule has 112 valence electrons. The fourth-order valence-corrected chi connectivity index (χ4v) is 3.76. The number of aromatic nitrogens is 1. The van der Waals surface area contributed by atoms with Gasteiger partial charge in [-0.15, -0.1) is 22.7 Å². The largest absolute Gasteiger partial charge is 0.351 e. The number of nitrogens with one attached hydrogen (secondary N) is 1. The van der Waals surface area contributed by atoms with Crippen molar-refractivity contribution in [1.82, 2.24) is 10.3 Å². The number of hydrogen-bond donors (Lipinski definition) is 1. The van der Waals surface area contributed by atoms with E-state index in [9.17, 15) is 4.79 Å². The van der Waals surface area contributed by atoms with Crippen molar-refractivity contribution in [3.63, 3.8) is 0 Å². The molecule has 0 bridgehead atoms. The number of rotatable bonds is 6. The van der Waals surface area contributed by atoms with Gasteiger partial charge in [0.1, 0.15) is 9.88 Å². The molecule has 1 N–H and O–H groups in total. The minimum Gasteiger partial charge on any atom is -0.351 e. The first-order valence-corrected chi connectivity index (χ1v) is 8.84. The molecule has 0 aliphatic heterocycles. The topological polar surface area (TPSA) is 42.0 Å². The Kier molecular flexibility index (Phi) is 4.98. The molecular weight excluding hydrogens is 312 g/mol. The van der Waals surface area contributed by atoms with E-state index in [0.29, 0.717) is 11.4 Å². The molecule has 2 aromatic heterocycles. The van der Waals surface area contributed by atoms with Gasteiger partial charge in [-0.2, -0.15) is 0 Å². The van der Waals surface area contributed by atoms with E-state index in [-0.39, 0.29) is 5.91 Å². The second-order valence-electron chi connectivity index (χ2n) is 4.85. The summed E-state index contributed by atoms with van der Waals surface area (Å²) in [7, 11) is 0. The number of carbonyl (C=O) groups is 1. The smallest absolute Gasteiger partial charge is 0.263 e. The fraction of sp³-hybridized carbons (Fsp3) is 0.176. The highest BCUT2D eigenvalue weighted by Crippen LogP contribution is 2.28. The van der Waals surface area contributed by atoms with Crippen LogP contribution in [0.2, 0.25) is 0 Å². The Bertz CT molecular complexity index is 720. The molecule has 0 radical (unpaired) electrons. The van der Waals surface area contributed by atoms with Gasteiger partial charge in [0, 0.05) is 6.54 Å². The first-order valence-electron chi connectivity index (χ1n) is 7.15. The van der Waals surface area contributed by atoms with Gasteiger partial charge in [0.2, 0.25) is 0 Å². The van der Waals surface area contributed by atoms with Crippen LogP contribution in [-0.4, -0.2) is 17.4 Å². The molecule has 0 fully saturated rings. The summed E-state index contributed by atoms with van der Waals surface area (Å²) < 4.78 is 0. The van der Waals surface area contributed by atoms with E-state index in [2.05, 4.69) is 22.4 Å². The van der Waals surface area contributed by atoms with Crippen LogP contribution in [0.15, 0.2) is 54.0 Å². The maximum Gasteiger partial charge on any atom is 0.263 e. The van der Waals surface area contributed by atoms with Crippen molar-refractivity contribution in [2.24, 2.45) is 0 Å². The van der Waals surface area contributed by atoms with Gasteiger partial charge in [0.05, 0.1) is 11.1 Å². The molecular formula is C17H16N2OS2. The molecule has 5 heteroatoms. The van der Waals surface area contributed by atoms with Gasteiger partial charge in [-0.25, -0.2) is 4.98 Å². The average Bonchev–Trinajstić information content (AvgIpc) is 3.22. The predicted molar refractivity (Wildman–Crippen MR) is 92.5 cm³/mol. The Morgan fingerprint density at radius 2 is 2.00 bits per heavy atom. The number of amides is 1. The summed E-state index contributed by atoms with van der Waals surface area (Å²) in [5, 5.41) is 5.88. The fourth-order valence-electron chi connectivity index (χ4n) is 2.12. The van der Waals surface area contributed by atoms with Crippen molar-refractivity contribution in [2.45, 2.75) is 12.8 Å². The summed E-state index contributed by atoms with van der Waals surface area (Å²) in [6.07, 6.45) is 3.57. The number of carbonyl (C=O) groups excluding carboxylic acids is 1. The summed E-state index contributed by atoms with van der Waals surface area (Å²) in [5.41, 5.74) is 1.30. The van der Waals surface area contributed by atoms with E-state index in [1.807, 2.05) is 35.7 Å². The van der Waals surface area contributed by atoms with Gasteiger partial charge in [0.25, 0.3) is 5.91 Å². The molecule has 0 aliphatic carbocycles. The monoisotopic (exact) mass is 328 g/mol. The van der Waals surface area contributed by atoms with Crippen molar-refractivity contribution >= 4 is 28.6 Å². The van der Waals surface area contributed by atoms with Gasteiger partial charge in [0.15, 0.2) is 0 Å². The molecule has 3 rings (SSSR count). The van der Waals surface area contributed by atoms with Gasteiger partial charge in [-0.3, -0.25) is 4.79 Å². The predicted octanol–water partition coefficient (Wildman–Crippen LogP) is 4.23. The molecule has 3 nitrogen and oxygen atoms in total. The third kappa shape index (κ3) is 3.81. The number of benzene rings is 1. The van der Waals surface area contributed by atoms with E-state index in [1.165, 1.54) is 16.9 Å². The van der Waals surface area contributed by atoms with Gasteiger partial charge >= 0.3 is 0 Å². The minimum atomic E-state index is -0.0339. The highest BCUT2D eigenvalue weighted by Gasteiger charge is 2.11. The van der Waals surface area contributed by atoms with Crippen molar-refractivity contribution < 1.29 is 4.79 Å². The maximum absolute atomic E-state index is 12.1. The van der Waals surface area contributed by atoms with Crippen molar-refractivity contribution in [3.05, 3.63) is 64.5 Å². The third-order valence-electron chi connectivity index (χ3n) is 3.23. The SMILES string of the molecule is O=C(NCCCc1ccccc1)c1cnc(-c2cccs2)s1. The van der Waals surface area contributed by atoms with E-state index in [1.54, 1.807) is 17.5 Å². The van der Waals surface area contributed by atoms with Crippen molar-refractivity contribution in [1.29, 1.82) is 0 Å². The van der Waals surface area contributed by atoms with Crippen LogP contribution in [0.1, 0.15) is 21.7 Å². The van der Waals surface area contributed by atoms with Gasteiger partial charge in [-0.1, -0.05) is 36.4 Å². The molecule has 0 spiro atoms. The number of thiazole rings is 1. The number of aryl methyl sites for hydroxylation is 1. The summed E-state index contributed by atoms with van der Waals surface area (Å²) in [5.74, 6) is -0.0339. The van der Waals surface area contributed by atoms with E-state index in [0.717, 1.165) is 22.7 Å². The first-order chi connectivity index (χ1) is 10.8. The number of nitrogens with zero attached hydrogens (tertiary/aromatic N) is 1. The molecule has 0 saturated heterocycles. The zero-order valence-electron chi connectivity index (χ0n) is 12.0. The second-order valence-corrected chi connectivity index (χ2v) is 6.83. The maximum atomic E-state index is 12.1. The van der Waals surface area contributed by atoms with Crippen molar-refractivity contribution in [2.75, 3.05) is 6.54 Å². The van der Waals surface area contributed by atoms with Gasteiger partial charge in [-0.05, 0) is 29.9 Å². The lowest BCUT2D eigenvalue weighted by Gasteiger charge is -2.03. The van der Waals surface area contributed by atoms with Crippen molar-refractivity contribution in [3.8, 4) is 9.88 Å². The molecule has 3 aromatic rings. The average molecular weight is 328 g/mol. The van der Waals surface area contributed by atoms with Gasteiger partial charge < -0.3 is 5.32 Å². The molecule has 22 heavy (non-hydrogen) atoms. The highest BCUT2D eigenvalue weighted by molar-refractivity contribution is 7.21. The molecule has 1 amide bonds. The summed E-state index contributed by atoms with van der Waals surface area (Å²) in [4.78, 5) is 18.2. The Labute approximate surface area is 137 Å². The van der Waals surface area contributed by atoms with Crippen LogP contribution in [0.3, 0.4) is 0 Å². The lowest BCUT2D eigenvalue weighted by molar-refractivity contribution is 0.0957. The molecule has 1 aromatic carbocycles. The van der Waals surface area contributed by atoms with E-state index >= 15 is 0 Å². The normalized spacial score (nSPS) is 10.5. The summed E-state index contributed by atoms with van der Waals surface area (Å²) in [6, 6.07) is 14.3. The van der Waals surface area contributed by atoms with Crippen LogP contribution in [0.5, 0.6) is 0 Å². The number of hydrogen-bond acceptors (Lipinski definition) is 4. The Morgan fingerprint density at radius 1 is 1.14 bits per heavy atom. The van der Waals surface area contributed by atoms with Crippen LogP contribution >= 0.6 is 22.7 Å². The van der Waals surface area contributed by atoms with Crippen LogP contribution in [0.25, 0.3) is 9.88 Å². The Morgan fingerprint density at radius 3 is 2.77 bits per heavy atom. The third-order valence-corrected chi connectivity index (χ3v) is 5.27. The summed E-state index contributed by atoms with van der Waals surface area (Å²) in [6.45, 7) is 0.681. The minimum absolute atomic E-state index is 0.0339. The highest BCUT2D eigenvalue weighted by atomic mass is 32.1. The van der Waals surface area contributed by atoms with E-state index in [4.69, 9.17) is 0 Å². The van der Waals surface area contributed by atoms with Crippen LogP contribution in [0, 0.1) is 0 Å². The molecule has 0 atom stereocenters. The Balaban J connectivity index is 1.48. The Hall–Kier alpha value is -1.98. The number of thiophene rings is 1. The summed E-state index contributed by atoms with van der Waals surface area (Å²) >= 11 is 3.08. The molecule has 0 saturated carbocycles. The first kappa shape index (κ1) is 14.9. The standard InChI is InChI=1S/C17H16N2OS2/c20-16(18-10-4-8-13-6-2-1-3-7-13)15-12-19-17(22-15)14-9-5-11-21-14/h1-3,5-7,9,11-12H,4,8,10H2,(H,18,20). The molecule has 0 unspecified atom stereocenters.